The molecule has 0 aliphatic heterocycles. The van der Waals surface area contributed by atoms with E-state index in [4.69, 9.17) is 40.9 Å². The molecule has 18 nitrogen and oxygen atoms in total. The molecule has 0 atom stereocenters. The van der Waals surface area contributed by atoms with E-state index in [2.05, 4.69) is 9.47 Å². The van der Waals surface area contributed by atoms with Gasteiger partial charge in [0.2, 0.25) is 0 Å². The van der Waals surface area contributed by atoms with Gasteiger partial charge < -0.3 is 50.3 Å². The largest absolute Gasteiger partial charge is 0.506 e. The van der Waals surface area contributed by atoms with Crippen molar-refractivity contribution in [3.8, 4) is 0 Å². The zero-order chi connectivity index (χ0) is 33.3. The number of rotatable bonds is 6. The van der Waals surface area contributed by atoms with Crippen molar-refractivity contribution in [1.29, 1.82) is 0 Å². The topological polar surface area (TPSA) is 317 Å². The van der Waals surface area contributed by atoms with Gasteiger partial charge in [-0.3, -0.25) is 0 Å². The van der Waals surface area contributed by atoms with Crippen LogP contribution >= 0.6 is 0 Å². The van der Waals surface area contributed by atoms with E-state index in [0.29, 0.717) is 36.5 Å². The third-order valence-electron chi connectivity index (χ3n) is 1.89. The molecular weight excluding hydrogens is 552 g/mol. The van der Waals surface area contributed by atoms with Crippen LogP contribution in [0.15, 0.2) is 36.5 Å². The molecule has 0 saturated carbocycles. The highest BCUT2D eigenvalue weighted by Gasteiger charge is 2.14. The Labute approximate surface area is 226 Å². The summed E-state index contributed by atoms with van der Waals surface area (Å²) in [6.07, 6.45) is 0.898. The van der Waals surface area contributed by atoms with E-state index in [1.54, 1.807) is 41.5 Å². The standard InChI is InChI=1S/2C5H10O3.3C4H4O4/c2*1-5(2,3)8-4(6)7;3*5-3(6)1-2-4(7)8/h2*1-3H3,(H,6,7);3*1-2H,(H,5,6)(H,7,8)/b;;3*2-1+. The van der Waals surface area contributed by atoms with Crippen LogP contribution in [0.4, 0.5) is 9.59 Å². The minimum atomic E-state index is -1.26. The monoisotopic (exact) mass is 584 g/mol. The zero-order valence-corrected chi connectivity index (χ0v) is 22.1. The zero-order valence-electron chi connectivity index (χ0n) is 22.1. The van der Waals surface area contributed by atoms with Gasteiger partial charge in [-0.1, -0.05) is 0 Å². The molecule has 0 saturated heterocycles. The third-order valence-corrected chi connectivity index (χ3v) is 1.89. The molecule has 0 unspecified atom stereocenters. The minimum absolute atomic E-state index is 0.558. The van der Waals surface area contributed by atoms with Gasteiger partial charge in [0.1, 0.15) is 11.2 Å². The molecule has 0 heterocycles. The Balaban J connectivity index is -0.000000128. The number of ether oxygens (including phenoxy) is 2. The van der Waals surface area contributed by atoms with Crippen LogP contribution in [0.25, 0.3) is 0 Å². The highest BCUT2D eigenvalue weighted by molar-refractivity contribution is 5.90. The molecule has 40 heavy (non-hydrogen) atoms. The van der Waals surface area contributed by atoms with E-state index in [1.165, 1.54) is 0 Å². The summed E-state index contributed by atoms with van der Waals surface area (Å²) in [6.45, 7) is 10.1. The van der Waals surface area contributed by atoms with Crippen LogP contribution in [-0.2, 0) is 38.2 Å². The minimum Gasteiger partial charge on any atom is -0.478 e. The number of hydrogen-bond donors (Lipinski definition) is 8. The molecule has 228 valence electrons. The van der Waals surface area contributed by atoms with E-state index in [9.17, 15) is 38.4 Å². The van der Waals surface area contributed by atoms with Gasteiger partial charge in [-0.05, 0) is 41.5 Å². The summed E-state index contributed by atoms with van der Waals surface area (Å²) < 4.78 is 8.71. The summed E-state index contributed by atoms with van der Waals surface area (Å²) in [4.78, 5) is 76.9. The molecule has 0 aromatic heterocycles. The van der Waals surface area contributed by atoms with E-state index in [1.807, 2.05) is 0 Å². The molecule has 0 fully saturated rings. The predicted octanol–water partition coefficient (Wildman–Crippen LogP) is 2.09. The molecule has 0 rings (SSSR count). The van der Waals surface area contributed by atoms with Crippen molar-refractivity contribution in [2.24, 2.45) is 0 Å². The summed E-state index contributed by atoms with van der Waals surface area (Å²) in [7, 11) is 0. The maximum absolute atomic E-state index is 9.79. The van der Waals surface area contributed by atoms with Crippen LogP contribution in [0.1, 0.15) is 41.5 Å². The van der Waals surface area contributed by atoms with Gasteiger partial charge in [0.15, 0.2) is 0 Å². The summed E-state index contributed by atoms with van der Waals surface area (Å²) in [5.41, 5.74) is -1.16. The summed E-state index contributed by atoms with van der Waals surface area (Å²) in [5.74, 6) is -7.54. The predicted molar refractivity (Wildman–Crippen MR) is 131 cm³/mol. The average molecular weight is 584 g/mol. The lowest BCUT2D eigenvalue weighted by Gasteiger charge is -2.15. The fourth-order valence-corrected chi connectivity index (χ4v) is 0.952. The van der Waals surface area contributed by atoms with Gasteiger partial charge in [-0.2, -0.15) is 0 Å². The molecule has 0 aromatic carbocycles. The number of carboxylic acid groups (broad SMARTS) is 8. The van der Waals surface area contributed by atoms with E-state index >= 15 is 0 Å². The van der Waals surface area contributed by atoms with Gasteiger partial charge in [0, 0.05) is 36.5 Å². The van der Waals surface area contributed by atoms with E-state index < -0.39 is 59.3 Å². The Morgan fingerprint density at radius 1 is 0.375 bits per heavy atom. The molecule has 0 amide bonds. The molecule has 0 aromatic rings. The normalized spacial score (nSPS) is 10.1. The van der Waals surface area contributed by atoms with Gasteiger partial charge in [-0.25, -0.2) is 38.4 Å². The van der Waals surface area contributed by atoms with Crippen LogP contribution in [0.2, 0.25) is 0 Å². The van der Waals surface area contributed by atoms with Crippen LogP contribution in [0.3, 0.4) is 0 Å². The number of hydrogen-bond acceptors (Lipinski definition) is 10. The summed E-state index contributed by atoms with van der Waals surface area (Å²) in [5, 5.41) is 62.9. The van der Waals surface area contributed by atoms with Crippen molar-refractivity contribution in [1.82, 2.24) is 0 Å². The maximum Gasteiger partial charge on any atom is 0.506 e. The smallest absolute Gasteiger partial charge is 0.478 e. The fraction of sp³-hybridized carbons (Fsp3) is 0.364. The Kier molecular flexibility index (Phi) is 26.7. The third kappa shape index (κ3) is 84.8. The second-order valence-corrected chi connectivity index (χ2v) is 7.99. The first-order valence-corrected chi connectivity index (χ1v) is 9.97. The average Bonchev–Trinajstić information content (AvgIpc) is 2.67. The van der Waals surface area contributed by atoms with Gasteiger partial charge in [0.25, 0.3) is 0 Å². The van der Waals surface area contributed by atoms with E-state index in [0.717, 1.165) is 0 Å². The molecule has 8 N–H and O–H groups in total. The van der Waals surface area contributed by atoms with Crippen LogP contribution in [0, 0.1) is 0 Å². The Morgan fingerprint density at radius 2 is 0.500 bits per heavy atom. The van der Waals surface area contributed by atoms with Crippen LogP contribution < -0.4 is 0 Å². The van der Waals surface area contributed by atoms with Crippen molar-refractivity contribution in [3.05, 3.63) is 36.5 Å². The lowest BCUT2D eigenvalue weighted by molar-refractivity contribution is -0.134. The molecule has 0 radical (unpaired) electrons. The first-order valence-electron chi connectivity index (χ1n) is 9.97. The van der Waals surface area contributed by atoms with Crippen LogP contribution in [0.5, 0.6) is 0 Å². The maximum atomic E-state index is 9.79. The SMILES string of the molecule is CC(C)(C)OC(=O)O.CC(C)(C)OC(=O)O.O=C(O)/C=C/C(=O)O.O=C(O)/C=C/C(=O)O.O=C(O)/C=C/C(=O)O. The van der Waals surface area contributed by atoms with E-state index in [-0.39, 0.29) is 0 Å². The van der Waals surface area contributed by atoms with Crippen molar-refractivity contribution in [2.45, 2.75) is 52.7 Å². The van der Waals surface area contributed by atoms with Crippen molar-refractivity contribution in [2.75, 3.05) is 0 Å². The molecule has 0 spiro atoms. The second kappa shape index (κ2) is 23.9. The molecule has 0 aliphatic rings. The Bertz CT molecular complexity index is 787. The summed E-state index contributed by atoms with van der Waals surface area (Å²) >= 11 is 0. The number of aliphatic carboxylic acids is 6. The van der Waals surface area contributed by atoms with Crippen molar-refractivity contribution in [3.63, 3.8) is 0 Å². The van der Waals surface area contributed by atoms with Crippen molar-refractivity contribution < 1.29 is 88.7 Å². The summed E-state index contributed by atoms with van der Waals surface area (Å²) in [6, 6.07) is 0. The van der Waals surface area contributed by atoms with Gasteiger partial charge >= 0.3 is 48.1 Å². The molecule has 18 heteroatoms. The number of carbonyl (C=O) groups is 8. The first-order chi connectivity index (χ1) is 17.7. The van der Waals surface area contributed by atoms with Gasteiger partial charge in [-0.15, -0.1) is 0 Å². The molecule has 0 aliphatic carbocycles. The number of carboxylic acids is 6. The lowest BCUT2D eigenvalue weighted by Crippen LogP contribution is -2.22. The van der Waals surface area contributed by atoms with Crippen LogP contribution in [-0.4, -0.2) is 100 Å². The second-order valence-electron chi connectivity index (χ2n) is 7.99. The molecule has 0 bridgehead atoms. The lowest BCUT2D eigenvalue weighted by atomic mass is 10.2. The Hall–Kier alpha value is -5.42. The first kappa shape index (κ1) is 44.6. The fourth-order valence-electron chi connectivity index (χ4n) is 0.952. The highest BCUT2D eigenvalue weighted by Crippen LogP contribution is 2.06. The van der Waals surface area contributed by atoms with Gasteiger partial charge in [0.05, 0.1) is 0 Å². The van der Waals surface area contributed by atoms with Crippen molar-refractivity contribution >= 4 is 48.1 Å². The molecular formula is C22H32O18. The highest BCUT2D eigenvalue weighted by atomic mass is 16.7. The Morgan fingerprint density at radius 3 is 0.525 bits per heavy atom. The quantitative estimate of drug-likeness (QED) is 0.163.